The molecule has 0 heterocycles. The molecule has 2 nitrogen and oxygen atoms in total. The lowest BCUT2D eigenvalue weighted by atomic mass is 10.1. The molecule has 0 aliphatic carbocycles. The molecule has 0 aromatic rings. The van der Waals surface area contributed by atoms with Crippen LogP contribution >= 0.6 is 0 Å². The monoisotopic (exact) mass is 200 g/mol. The standard InChI is InChI=1S/C12H28N2/c1-4-9-14(11-6-8-13)10-5-7-12(2)3/h12H,4-11,13H2,1-3H3. The molecular weight excluding hydrogens is 172 g/mol. The van der Waals surface area contributed by atoms with Gasteiger partial charge in [0.15, 0.2) is 0 Å². The molecule has 2 heteroatoms. The Hall–Kier alpha value is -0.0800. The summed E-state index contributed by atoms with van der Waals surface area (Å²) in [6.45, 7) is 11.3. The van der Waals surface area contributed by atoms with Crippen LogP contribution in [0.3, 0.4) is 0 Å². The molecule has 0 aliphatic heterocycles. The van der Waals surface area contributed by atoms with Gasteiger partial charge in [0.2, 0.25) is 0 Å². The van der Waals surface area contributed by atoms with Gasteiger partial charge in [-0.05, 0) is 57.8 Å². The lowest BCUT2D eigenvalue weighted by Crippen LogP contribution is -2.28. The van der Waals surface area contributed by atoms with Crippen molar-refractivity contribution in [3.05, 3.63) is 0 Å². The number of nitrogens with two attached hydrogens (primary N) is 1. The lowest BCUT2D eigenvalue weighted by Gasteiger charge is -2.21. The summed E-state index contributed by atoms with van der Waals surface area (Å²) >= 11 is 0. The van der Waals surface area contributed by atoms with Gasteiger partial charge in [0.25, 0.3) is 0 Å². The van der Waals surface area contributed by atoms with Gasteiger partial charge in [0.05, 0.1) is 0 Å². The summed E-state index contributed by atoms with van der Waals surface area (Å²) in [5, 5.41) is 0. The largest absolute Gasteiger partial charge is 0.330 e. The third-order valence-electron chi connectivity index (χ3n) is 2.47. The summed E-state index contributed by atoms with van der Waals surface area (Å²) in [6.07, 6.45) is 5.08. The van der Waals surface area contributed by atoms with Crippen molar-refractivity contribution in [2.45, 2.75) is 46.5 Å². The Labute approximate surface area is 89.9 Å². The third-order valence-corrected chi connectivity index (χ3v) is 2.47. The smallest absolute Gasteiger partial charge is 0.000672 e. The molecule has 0 unspecified atom stereocenters. The van der Waals surface area contributed by atoms with Crippen molar-refractivity contribution in [3.8, 4) is 0 Å². The molecule has 0 saturated carbocycles. The van der Waals surface area contributed by atoms with Crippen LogP contribution in [0, 0.1) is 5.92 Å². The van der Waals surface area contributed by atoms with E-state index in [1.54, 1.807) is 0 Å². The van der Waals surface area contributed by atoms with Crippen LogP contribution in [-0.2, 0) is 0 Å². The molecule has 2 N–H and O–H groups in total. The predicted molar refractivity (Wildman–Crippen MR) is 64.5 cm³/mol. The summed E-state index contributed by atoms with van der Waals surface area (Å²) in [5.41, 5.74) is 5.52. The van der Waals surface area contributed by atoms with Crippen LogP contribution in [0.4, 0.5) is 0 Å². The quantitative estimate of drug-likeness (QED) is 0.619. The van der Waals surface area contributed by atoms with E-state index in [-0.39, 0.29) is 0 Å². The summed E-state index contributed by atoms with van der Waals surface area (Å²) < 4.78 is 0. The molecule has 0 saturated heterocycles. The number of rotatable bonds is 9. The van der Waals surface area contributed by atoms with Gasteiger partial charge in [0.1, 0.15) is 0 Å². The van der Waals surface area contributed by atoms with Crippen molar-refractivity contribution in [2.75, 3.05) is 26.2 Å². The second kappa shape index (κ2) is 9.47. The normalized spacial score (nSPS) is 11.6. The van der Waals surface area contributed by atoms with Gasteiger partial charge in [-0.15, -0.1) is 0 Å². The molecular formula is C12H28N2. The fraction of sp³-hybridized carbons (Fsp3) is 1.00. The van der Waals surface area contributed by atoms with Crippen LogP contribution in [0.25, 0.3) is 0 Å². The topological polar surface area (TPSA) is 29.3 Å². The fourth-order valence-corrected chi connectivity index (χ4v) is 1.69. The van der Waals surface area contributed by atoms with Crippen molar-refractivity contribution in [3.63, 3.8) is 0 Å². The Morgan fingerprint density at radius 3 is 2.21 bits per heavy atom. The molecule has 0 aromatic heterocycles. The average Bonchev–Trinajstić information content (AvgIpc) is 2.13. The van der Waals surface area contributed by atoms with E-state index >= 15 is 0 Å². The zero-order valence-corrected chi connectivity index (χ0v) is 10.3. The lowest BCUT2D eigenvalue weighted by molar-refractivity contribution is 0.262. The second-order valence-electron chi connectivity index (χ2n) is 4.52. The Morgan fingerprint density at radius 1 is 1.07 bits per heavy atom. The van der Waals surface area contributed by atoms with Crippen LogP contribution in [0.2, 0.25) is 0 Å². The first kappa shape index (κ1) is 13.9. The van der Waals surface area contributed by atoms with E-state index < -0.39 is 0 Å². The number of hydrogen-bond acceptors (Lipinski definition) is 2. The summed E-state index contributed by atoms with van der Waals surface area (Å²) in [4.78, 5) is 2.55. The van der Waals surface area contributed by atoms with Gasteiger partial charge in [0, 0.05) is 0 Å². The zero-order chi connectivity index (χ0) is 10.8. The van der Waals surface area contributed by atoms with E-state index in [4.69, 9.17) is 5.73 Å². The van der Waals surface area contributed by atoms with Gasteiger partial charge >= 0.3 is 0 Å². The third kappa shape index (κ3) is 8.52. The first-order valence-electron chi connectivity index (χ1n) is 6.13. The highest BCUT2D eigenvalue weighted by Crippen LogP contribution is 2.05. The van der Waals surface area contributed by atoms with E-state index in [2.05, 4.69) is 25.7 Å². The minimum absolute atomic E-state index is 0.824. The van der Waals surface area contributed by atoms with Gasteiger partial charge in [-0.25, -0.2) is 0 Å². The van der Waals surface area contributed by atoms with E-state index in [9.17, 15) is 0 Å². The van der Waals surface area contributed by atoms with Gasteiger partial charge in [-0.1, -0.05) is 20.8 Å². The van der Waals surface area contributed by atoms with E-state index in [0.717, 1.165) is 18.9 Å². The first-order valence-corrected chi connectivity index (χ1v) is 6.13. The van der Waals surface area contributed by atoms with E-state index in [1.165, 1.54) is 38.9 Å². The molecule has 86 valence electrons. The van der Waals surface area contributed by atoms with E-state index in [0.29, 0.717) is 0 Å². The minimum Gasteiger partial charge on any atom is -0.330 e. The Kier molecular flexibility index (Phi) is 9.42. The van der Waals surface area contributed by atoms with E-state index in [1.807, 2.05) is 0 Å². The van der Waals surface area contributed by atoms with Crippen molar-refractivity contribution in [1.29, 1.82) is 0 Å². The molecule has 0 rings (SSSR count). The average molecular weight is 200 g/mol. The highest BCUT2D eigenvalue weighted by atomic mass is 15.1. The van der Waals surface area contributed by atoms with Crippen molar-refractivity contribution < 1.29 is 0 Å². The molecule has 14 heavy (non-hydrogen) atoms. The summed E-state index contributed by atoms with van der Waals surface area (Å²) in [7, 11) is 0. The van der Waals surface area contributed by atoms with Crippen molar-refractivity contribution >= 4 is 0 Å². The Bertz CT molecular complexity index is 113. The fourth-order valence-electron chi connectivity index (χ4n) is 1.69. The Balaban J connectivity index is 3.50. The van der Waals surface area contributed by atoms with Gasteiger partial charge in [-0.2, -0.15) is 0 Å². The van der Waals surface area contributed by atoms with Crippen LogP contribution in [0.15, 0.2) is 0 Å². The molecule has 0 fully saturated rings. The molecule has 0 amide bonds. The summed E-state index contributed by atoms with van der Waals surface area (Å²) in [5.74, 6) is 0.841. The first-order chi connectivity index (χ1) is 6.70. The minimum atomic E-state index is 0.824. The van der Waals surface area contributed by atoms with Crippen LogP contribution < -0.4 is 5.73 Å². The maximum absolute atomic E-state index is 5.52. The highest BCUT2D eigenvalue weighted by Gasteiger charge is 2.03. The zero-order valence-electron chi connectivity index (χ0n) is 10.3. The van der Waals surface area contributed by atoms with Gasteiger partial charge in [-0.3, -0.25) is 0 Å². The molecule has 0 aromatic carbocycles. The summed E-state index contributed by atoms with van der Waals surface area (Å²) in [6, 6.07) is 0. The number of nitrogens with zero attached hydrogens (tertiary/aromatic N) is 1. The highest BCUT2D eigenvalue weighted by molar-refractivity contribution is 4.58. The molecule has 0 radical (unpaired) electrons. The molecule has 0 spiro atoms. The van der Waals surface area contributed by atoms with Crippen LogP contribution in [-0.4, -0.2) is 31.1 Å². The Morgan fingerprint density at radius 2 is 1.71 bits per heavy atom. The van der Waals surface area contributed by atoms with Crippen molar-refractivity contribution in [1.82, 2.24) is 4.90 Å². The maximum atomic E-state index is 5.52. The SMILES string of the molecule is CCCN(CCCN)CCCC(C)C. The number of hydrogen-bond donors (Lipinski definition) is 1. The molecule has 0 atom stereocenters. The van der Waals surface area contributed by atoms with Gasteiger partial charge < -0.3 is 10.6 Å². The van der Waals surface area contributed by atoms with Crippen LogP contribution in [0.5, 0.6) is 0 Å². The second-order valence-corrected chi connectivity index (χ2v) is 4.52. The molecule has 0 bridgehead atoms. The predicted octanol–water partition coefficient (Wildman–Crippen LogP) is 2.48. The maximum Gasteiger partial charge on any atom is -0.000672 e. The van der Waals surface area contributed by atoms with Crippen molar-refractivity contribution in [2.24, 2.45) is 11.7 Å². The van der Waals surface area contributed by atoms with Crippen LogP contribution in [0.1, 0.15) is 46.5 Å². The molecule has 0 aliphatic rings.